The summed E-state index contributed by atoms with van der Waals surface area (Å²) in [5.74, 6) is -0.0868. The Kier molecular flexibility index (Phi) is 3.16. The lowest BCUT2D eigenvalue weighted by Crippen LogP contribution is -2.58. The molecule has 1 aromatic carbocycles. The zero-order valence-electron chi connectivity index (χ0n) is 13.1. The molecule has 0 aliphatic carbocycles. The van der Waals surface area contributed by atoms with Crippen LogP contribution in [-0.4, -0.2) is 38.3 Å². The lowest BCUT2D eigenvalue weighted by atomic mass is 10.00. The van der Waals surface area contributed by atoms with Crippen LogP contribution in [0, 0.1) is 5.41 Å². The van der Waals surface area contributed by atoms with Crippen LogP contribution in [0.1, 0.15) is 32.1 Å². The summed E-state index contributed by atoms with van der Waals surface area (Å²) in [6.45, 7) is 0. The van der Waals surface area contributed by atoms with Gasteiger partial charge in [0.15, 0.2) is 11.7 Å². The van der Waals surface area contributed by atoms with Crippen molar-refractivity contribution in [2.45, 2.75) is 43.9 Å². The summed E-state index contributed by atoms with van der Waals surface area (Å²) in [5.41, 5.74) is 5.34. The van der Waals surface area contributed by atoms with Crippen LogP contribution in [0.4, 0.5) is 4.79 Å². The van der Waals surface area contributed by atoms with Gasteiger partial charge in [-0.3, -0.25) is 5.41 Å². The van der Waals surface area contributed by atoms with Crippen molar-refractivity contribution < 1.29 is 9.53 Å². The molecule has 2 saturated heterocycles. The van der Waals surface area contributed by atoms with Gasteiger partial charge in [-0.2, -0.15) is 4.57 Å². The van der Waals surface area contributed by atoms with E-state index >= 15 is 0 Å². The highest BCUT2D eigenvalue weighted by Crippen LogP contribution is 2.44. The number of guanidine groups is 1. The fourth-order valence-electron chi connectivity index (χ4n) is 4.12. The average Bonchev–Trinajstić information content (AvgIpc) is 2.98. The molecule has 2 unspecified atom stereocenters. The number of para-hydroxylation sites is 2. The number of H-pyrrole nitrogens is 1. The molecule has 0 spiro atoms. The number of benzene rings is 1. The number of hydrogen-bond donors (Lipinski definition) is 3. The molecular weight excluding hydrogens is 310 g/mol. The molecule has 2 aliphatic heterocycles. The van der Waals surface area contributed by atoms with Crippen LogP contribution in [0.2, 0.25) is 0 Å². The maximum atomic E-state index is 12.7. The molecule has 8 nitrogen and oxygen atoms in total. The first-order valence-electron chi connectivity index (χ1n) is 8.08. The van der Waals surface area contributed by atoms with Crippen molar-refractivity contribution in [3.63, 3.8) is 0 Å². The smallest absolute Gasteiger partial charge is 0.422 e. The fraction of sp³-hybridized carbons (Fsp3) is 0.438. The number of imidazole rings is 1. The number of ether oxygens (including phenoxy) is 1. The lowest BCUT2D eigenvalue weighted by Gasteiger charge is -2.43. The van der Waals surface area contributed by atoms with Crippen LogP contribution in [-0.2, 0) is 4.74 Å². The van der Waals surface area contributed by atoms with Crippen molar-refractivity contribution in [1.82, 2.24) is 14.5 Å². The molecule has 4 rings (SSSR count). The summed E-state index contributed by atoms with van der Waals surface area (Å²) in [4.78, 5) is 29.3. The molecule has 1 aromatic heterocycles. The van der Waals surface area contributed by atoms with Gasteiger partial charge in [-0.15, -0.1) is 0 Å². The van der Waals surface area contributed by atoms with Gasteiger partial charge in [0.2, 0.25) is 0 Å². The van der Waals surface area contributed by atoms with Gasteiger partial charge in [-0.1, -0.05) is 12.1 Å². The Morgan fingerprint density at radius 1 is 1.33 bits per heavy atom. The van der Waals surface area contributed by atoms with Gasteiger partial charge in [0.25, 0.3) is 0 Å². The van der Waals surface area contributed by atoms with E-state index < -0.39 is 17.5 Å². The summed E-state index contributed by atoms with van der Waals surface area (Å²) in [7, 11) is 0. The standard InChI is InChI=1S/C16H19N5O3/c17-13(18)21-10-4-3-8-16(21,9-7-10)24-15(23)20-12-6-2-1-5-11(12)19-14(20)22/h1-2,5-6,10H,3-4,7-9H2,(H3,17,18)(H,19,22). The second-order valence-electron chi connectivity index (χ2n) is 6.44. The number of piperidine rings is 1. The van der Waals surface area contributed by atoms with Gasteiger partial charge in [-0.05, 0) is 31.4 Å². The maximum absolute atomic E-state index is 12.7. The summed E-state index contributed by atoms with van der Waals surface area (Å²) >= 11 is 0. The monoisotopic (exact) mass is 329 g/mol. The van der Waals surface area contributed by atoms with Crippen LogP contribution >= 0.6 is 0 Å². The number of rotatable bonds is 1. The second kappa shape index (κ2) is 5.12. The third-order valence-electron chi connectivity index (χ3n) is 5.09. The van der Waals surface area contributed by atoms with Crippen molar-refractivity contribution in [1.29, 1.82) is 5.41 Å². The van der Waals surface area contributed by atoms with E-state index in [9.17, 15) is 9.59 Å². The molecule has 0 radical (unpaired) electrons. The Morgan fingerprint density at radius 2 is 2.12 bits per heavy atom. The predicted octanol–water partition coefficient (Wildman–Crippen LogP) is 1.55. The molecule has 3 heterocycles. The van der Waals surface area contributed by atoms with E-state index in [1.807, 2.05) is 0 Å². The second-order valence-corrected chi connectivity index (χ2v) is 6.44. The number of nitrogens with two attached hydrogens (primary N) is 1. The molecule has 2 aromatic rings. The largest absolute Gasteiger partial charge is 0.424 e. The number of nitrogens with zero attached hydrogens (tertiary/aromatic N) is 2. The molecule has 126 valence electrons. The quantitative estimate of drug-likeness (QED) is 0.542. The molecule has 2 atom stereocenters. The molecule has 2 aliphatic rings. The van der Waals surface area contributed by atoms with Crippen molar-refractivity contribution in [3.05, 3.63) is 34.7 Å². The number of aromatic nitrogens is 2. The highest BCUT2D eigenvalue weighted by molar-refractivity contribution is 5.86. The Bertz CT molecular complexity index is 881. The number of carbonyl (C=O) groups excluding carboxylic acids is 1. The van der Waals surface area contributed by atoms with E-state index in [4.69, 9.17) is 15.9 Å². The van der Waals surface area contributed by atoms with Crippen LogP contribution in [0.25, 0.3) is 11.0 Å². The molecule has 8 heteroatoms. The topological polar surface area (TPSA) is 117 Å². The number of aromatic amines is 1. The normalized spacial score (nSPS) is 25.8. The lowest BCUT2D eigenvalue weighted by molar-refractivity contribution is -0.0870. The maximum Gasteiger partial charge on any atom is 0.424 e. The van der Waals surface area contributed by atoms with Gasteiger partial charge in [0, 0.05) is 18.9 Å². The molecule has 4 N–H and O–H groups in total. The minimum atomic E-state index is -0.913. The van der Waals surface area contributed by atoms with E-state index in [2.05, 4.69) is 4.98 Å². The summed E-state index contributed by atoms with van der Waals surface area (Å²) in [5, 5.41) is 7.84. The van der Waals surface area contributed by atoms with E-state index in [0.717, 1.165) is 23.8 Å². The molecule has 0 amide bonds. The van der Waals surface area contributed by atoms with E-state index in [0.29, 0.717) is 23.9 Å². The molecule has 24 heavy (non-hydrogen) atoms. The molecular formula is C16H19N5O3. The van der Waals surface area contributed by atoms with Crippen LogP contribution in [0.5, 0.6) is 0 Å². The van der Waals surface area contributed by atoms with Crippen molar-refractivity contribution in [3.8, 4) is 0 Å². The SMILES string of the molecule is N=C(N)N1C2CCCC1(OC(=O)n1c(=O)[nH]c3ccccc31)CC2. The number of nitrogens with one attached hydrogen (secondary N) is 2. The van der Waals surface area contributed by atoms with Gasteiger partial charge < -0.3 is 20.4 Å². The van der Waals surface area contributed by atoms with Crippen molar-refractivity contribution in [2.75, 3.05) is 0 Å². The van der Waals surface area contributed by atoms with Gasteiger partial charge in [0.1, 0.15) is 0 Å². The number of carbonyl (C=O) groups is 1. The minimum absolute atomic E-state index is 0.0868. The first kappa shape index (κ1) is 14.8. The molecule has 2 bridgehead atoms. The Balaban J connectivity index is 1.71. The summed E-state index contributed by atoms with van der Waals surface area (Å²) < 4.78 is 6.79. The molecule has 0 saturated carbocycles. The highest BCUT2D eigenvalue weighted by Gasteiger charge is 2.52. The van der Waals surface area contributed by atoms with E-state index in [1.54, 1.807) is 29.2 Å². The summed E-state index contributed by atoms with van der Waals surface area (Å²) in [6, 6.07) is 7.09. The average molecular weight is 329 g/mol. The third-order valence-corrected chi connectivity index (χ3v) is 5.09. The Hall–Kier alpha value is -2.77. The van der Waals surface area contributed by atoms with Crippen molar-refractivity contribution in [2.24, 2.45) is 5.73 Å². The van der Waals surface area contributed by atoms with Crippen LogP contribution in [0.15, 0.2) is 29.1 Å². The fourth-order valence-corrected chi connectivity index (χ4v) is 4.12. The first-order chi connectivity index (χ1) is 11.5. The van der Waals surface area contributed by atoms with Crippen LogP contribution in [0.3, 0.4) is 0 Å². The first-order valence-corrected chi connectivity index (χ1v) is 8.08. The number of hydrogen-bond acceptors (Lipinski definition) is 4. The highest BCUT2D eigenvalue weighted by atomic mass is 16.6. The minimum Gasteiger partial charge on any atom is -0.422 e. The molecule has 2 fully saturated rings. The van der Waals surface area contributed by atoms with Crippen molar-refractivity contribution >= 4 is 23.1 Å². The van der Waals surface area contributed by atoms with Crippen LogP contribution < -0.4 is 11.4 Å². The third kappa shape index (κ3) is 2.02. The number of fused-ring (bicyclic) bond motifs is 3. The van der Waals surface area contributed by atoms with Gasteiger partial charge in [-0.25, -0.2) is 9.59 Å². The Labute approximate surface area is 137 Å². The van der Waals surface area contributed by atoms with E-state index in [1.165, 1.54) is 0 Å². The summed E-state index contributed by atoms with van der Waals surface area (Å²) in [6.07, 6.45) is 3.18. The van der Waals surface area contributed by atoms with Gasteiger partial charge in [0.05, 0.1) is 11.0 Å². The van der Waals surface area contributed by atoms with E-state index in [-0.39, 0.29) is 12.0 Å². The van der Waals surface area contributed by atoms with Gasteiger partial charge >= 0.3 is 11.8 Å². The predicted molar refractivity (Wildman–Crippen MR) is 87.8 cm³/mol. The zero-order valence-corrected chi connectivity index (χ0v) is 13.1. The zero-order chi connectivity index (χ0) is 16.9. The Morgan fingerprint density at radius 3 is 2.92 bits per heavy atom.